The number of nitrogens with zero attached hydrogens (tertiary/aromatic N) is 2. The Hall–Kier alpha value is -1.32. The highest BCUT2D eigenvalue weighted by molar-refractivity contribution is 6.31. The topological polar surface area (TPSA) is 29.9 Å². The van der Waals surface area contributed by atoms with Crippen LogP contribution in [0.3, 0.4) is 0 Å². The normalized spacial score (nSPS) is 12.9. The summed E-state index contributed by atoms with van der Waals surface area (Å²) in [7, 11) is 0. The van der Waals surface area contributed by atoms with E-state index in [0.717, 1.165) is 29.2 Å². The minimum Gasteiger partial charge on any atom is -0.310 e. The van der Waals surface area contributed by atoms with Crippen LogP contribution in [-0.4, -0.2) is 16.3 Å². The molecule has 1 unspecified atom stereocenters. The second-order valence-corrected chi connectivity index (χ2v) is 6.13. The van der Waals surface area contributed by atoms with Gasteiger partial charge >= 0.3 is 0 Å². The number of aryl methyl sites for hydroxylation is 1. The van der Waals surface area contributed by atoms with Gasteiger partial charge in [0.15, 0.2) is 0 Å². The largest absolute Gasteiger partial charge is 0.310 e. The summed E-state index contributed by atoms with van der Waals surface area (Å²) in [5.41, 5.74) is 3.41. The Labute approximate surface area is 132 Å². The van der Waals surface area contributed by atoms with Crippen LogP contribution in [0.25, 0.3) is 0 Å². The Balaban J connectivity index is 2.21. The van der Waals surface area contributed by atoms with Crippen LogP contribution < -0.4 is 5.32 Å². The van der Waals surface area contributed by atoms with E-state index in [1.54, 1.807) is 0 Å². The van der Waals surface area contributed by atoms with E-state index >= 15 is 0 Å². The minimum atomic E-state index is 0.193. The van der Waals surface area contributed by atoms with Gasteiger partial charge in [0.1, 0.15) is 0 Å². The first-order chi connectivity index (χ1) is 10.0. The predicted molar refractivity (Wildman–Crippen MR) is 88.9 cm³/mol. The Morgan fingerprint density at radius 2 is 2.05 bits per heavy atom. The van der Waals surface area contributed by atoms with Crippen molar-refractivity contribution in [2.45, 2.75) is 46.2 Å². The smallest absolute Gasteiger partial charge is 0.0643 e. The second kappa shape index (κ2) is 7.10. The molecule has 1 aromatic heterocycles. The van der Waals surface area contributed by atoms with Crippen LogP contribution in [0.15, 0.2) is 30.5 Å². The number of halogens is 1. The lowest BCUT2D eigenvalue weighted by atomic mass is 10.0. The first-order valence-electron chi connectivity index (χ1n) is 7.54. The van der Waals surface area contributed by atoms with Gasteiger partial charge in [0.25, 0.3) is 0 Å². The maximum Gasteiger partial charge on any atom is 0.0643 e. The fourth-order valence-electron chi connectivity index (χ4n) is 2.44. The fraction of sp³-hybridized carbons (Fsp3) is 0.471. The summed E-state index contributed by atoms with van der Waals surface area (Å²) in [5.74, 6) is 0. The van der Waals surface area contributed by atoms with Crippen LogP contribution in [0.5, 0.6) is 0 Å². The van der Waals surface area contributed by atoms with E-state index in [2.05, 4.69) is 56.3 Å². The van der Waals surface area contributed by atoms with Crippen molar-refractivity contribution in [3.63, 3.8) is 0 Å². The van der Waals surface area contributed by atoms with Gasteiger partial charge in [-0.2, -0.15) is 5.10 Å². The summed E-state index contributed by atoms with van der Waals surface area (Å²) in [6, 6.07) is 8.92. The molecule has 0 fully saturated rings. The molecule has 1 heterocycles. The summed E-state index contributed by atoms with van der Waals surface area (Å²) in [6.45, 7) is 9.34. The Morgan fingerprint density at radius 1 is 1.29 bits per heavy atom. The summed E-state index contributed by atoms with van der Waals surface area (Å²) in [4.78, 5) is 0. The molecule has 3 nitrogen and oxygen atoms in total. The number of likely N-dealkylation sites (N-methyl/N-ethyl adjacent to an activating group) is 1. The molecule has 1 atom stereocenters. The Morgan fingerprint density at radius 3 is 2.62 bits per heavy atom. The SMILES string of the molecule is CCNC(Cc1ccn(C(C)C)n1)c1ccc(C)cc1Cl. The van der Waals surface area contributed by atoms with E-state index in [0.29, 0.717) is 6.04 Å². The minimum absolute atomic E-state index is 0.193. The molecule has 1 aromatic carbocycles. The molecule has 0 radical (unpaired) electrons. The first-order valence-corrected chi connectivity index (χ1v) is 7.92. The van der Waals surface area contributed by atoms with Gasteiger partial charge in [0.2, 0.25) is 0 Å². The zero-order valence-corrected chi connectivity index (χ0v) is 14.0. The molecule has 0 saturated heterocycles. The number of aromatic nitrogens is 2. The van der Waals surface area contributed by atoms with Crippen LogP contribution in [0, 0.1) is 6.92 Å². The molecule has 0 saturated carbocycles. The van der Waals surface area contributed by atoms with E-state index in [1.807, 2.05) is 16.9 Å². The van der Waals surface area contributed by atoms with E-state index in [-0.39, 0.29) is 6.04 Å². The fourth-order valence-corrected chi connectivity index (χ4v) is 2.80. The van der Waals surface area contributed by atoms with Crippen LogP contribution in [0.4, 0.5) is 0 Å². The van der Waals surface area contributed by atoms with Crippen molar-refractivity contribution in [3.05, 3.63) is 52.3 Å². The zero-order chi connectivity index (χ0) is 15.4. The first kappa shape index (κ1) is 16.1. The lowest BCUT2D eigenvalue weighted by Crippen LogP contribution is -2.23. The highest BCUT2D eigenvalue weighted by atomic mass is 35.5. The second-order valence-electron chi connectivity index (χ2n) is 5.72. The van der Waals surface area contributed by atoms with Crippen molar-refractivity contribution < 1.29 is 0 Å². The number of hydrogen-bond acceptors (Lipinski definition) is 2. The van der Waals surface area contributed by atoms with E-state index in [4.69, 9.17) is 11.6 Å². The van der Waals surface area contributed by atoms with E-state index in [9.17, 15) is 0 Å². The molecule has 0 bridgehead atoms. The maximum atomic E-state index is 6.42. The third kappa shape index (κ3) is 4.08. The van der Waals surface area contributed by atoms with Crippen LogP contribution >= 0.6 is 11.6 Å². The van der Waals surface area contributed by atoms with Crippen molar-refractivity contribution in [2.24, 2.45) is 0 Å². The number of nitrogens with one attached hydrogen (secondary N) is 1. The molecule has 0 aliphatic rings. The summed E-state index contributed by atoms with van der Waals surface area (Å²) >= 11 is 6.42. The van der Waals surface area contributed by atoms with Gasteiger partial charge in [-0.1, -0.05) is 30.7 Å². The van der Waals surface area contributed by atoms with Crippen LogP contribution in [-0.2, 0) is 6.42 Å². The van der Waals surface area contributed by atoms with Crippen molar-refractivity contribution >= 4 is 11.6 Å². The van der Waals surface area contributed by atoms with E-state index in [1.165, 1.54) is 5.56 Å². The van der Waals surface area contributed by atoms with Crippen LogP contribution in [0.2, 0.25) is 5.02 Å². The molecule has 114 valence electrons. The lowest BCUT2D eigenvalue weighted by molar-refractivity contribution is 0.506. The molecule has 0 spiro atoms. The van der Waals surface area contributed by atoms with Crippen molar-refractivity contribution in [1.82, 2.24) is 15.1 Å². The quantitative estimate of drug-likeness (QED) is 0.861. The molecule has 4 heteroatoms. The number of benzene rings is 1. The average Bonchev–Trinajstić information content (AvgIpc) is 2.87. The molecular formula is C17H24ClN3. The molecule has 1 N–H and O–H groups in total. The number of rotatable bonds is 6. The Kier molecular flexibility index (Phi) is 5.43. The van der Waals surface area contributed by atoms with Crippen molar-refractivity contribution in [2.75, 3.05) is 6.54 Å². The predicted octanol–water partition coefficient (Wildman–Crippen LogP) is 4.32. The van der Waals surface area contributed by atoms with Gasteiger partial charge in [-0.3, -0.25) is 4.68 Å². The summed E-state index contributed by atoms with van der Waals surface area (Å²) in [6.07, 6.45) is 2.89. The van der Waals surface area contributed by atoms with Crippen molar-refractivity contribution in [1.29, 1.82) is 0 Å². The molecular weight excluding hydrogens is 282 g/mol. The van der Waals surface area contributed by atoms with Gasteiger partial charge < -0.3 is 5.32 Å². The van der Waals surface area contributed by atoms with Gasteiger partial charge in [-0.15, -0.1) is 0 Å². The highest BCUT2D eigenvalue weighted by Gasteiger charge is 2.16. The molecule has 21 heavy (non-hydrogen) atoms. The third-order valence-electron chi connectivity index (χ3n) is 3.59. The van der Waals surface area contributed by atoms with Gasteiger partial charge in [0.05, 0.1) is 5.69 Å². The molecule has 0 aliphatic heterocycles. The standard InChI is InChI=1S/C17H24ClN3/c1-5-19-17(15-7-6-13(4)10-16(15)18)11-14-8-9-21(20-14)12(2)3/h6-10,12,17,19H,5,11H2,1-4H3. The molecule has 2 rings (SSSR count). The lowest BCUT2D eigenvalue weighted by Gasteiger charge is -2.19. The van der Waals surface area contributed by atoms with E-state index < -0.39 is 0 Å². The third-order valence-corrected chi connectivity index (χ3v) is 3.92. The molecule has 0 amide bonds. The zero-order valence-electron chi connectivity index (χ0n) is 13.2. The van der Waals surface area contributed by atoms with Crippen molar-refractivity contribution in [3.8, 4) is 0 Å². The average molecular weight is 306 g/mol. The molecule has 2 aromatic rings. The number of hydrogen-bond donors (Lipinski definition) is 1. The highest BCUT2D eigenvalue weighted by Crippen LogP contribution is 2.26. The monoisotopic (exact) mass is 305 g/mol. The van der Waals surface area contributed by atoms with Crippen LogP contribution in [0.1, 0.15) is 49.7 Å². The summed E-state index contributed by atoms with van der Waals surface area (Å²) in [5, 5.41) is 8.97. The van der Waals surface area contributed by atoms with Gasteiger partial charge in [-0.25, -0.2) is 0 Å². The van der Waals surface area contributed by atoms with Gasteiger partial charge in [-0.05, 0) is 50.6 Å². The van der Waals surface area contributed by atoms with Gasteiger partial charge in [0, 0.05) is 29.7 Å². The molecule has 0 aliphatic carbocycles. The Bertz CT molecular complexity index is 589. The summed E-state index contributed by atoms with van der Waals surface area (Å²) < 4.78 is 2.00. The maximum absolute atomic E-state index is 6.42.